The summed E-state index contributed by atoms with van der Waals surface area (Å²) in [5, 5.41) is 8.87. The molecule has 1 N–H and O–H groups in total. The zero-order valence-electron chi connectivity index (χ0n) is 8.30. The van der Waals surface area contributed by atoms with Crippen LogP contribution in [0.25, 0.3) is 0 Å². The van der Waals surface area contributed by atoms with Crippen molar-refractivity contribution in [2.45, 2.75) is 40.5 Å². The average molecular weight is 158 g/mol. The number of hydrogen-bond acceptors (Lipinski definition) is 1. The Morgan fingerprint density at radius 2 is 1.45 bits per heavy atom. The fraction of sp³-hybridized carbons (Fsp3) is 1.00. The molecule has 0 aromatic carbocycles. The highest BCUT2D eigenvalue weighted by Crippen LogP contribution is 2.18. The molecular weight excluding hydrogens is 136 g/mol. The molecule has 2 atom stereocenters. The summed E-state index contributed by atoms with van der Waals surface area (Å²) in [5.74, 6) is 1.93. The molecule has 2 unspecified atom stereocenters. The molecule has 11 heavy (non-hydrogen) atoms. The lowest BCUT2D eigenvalue weighted by molar-refractivity contribution is 0.186. The molecule has 68 valence electrons. The van der Waals surface area contributed by atoms with E-state index in [1.54, 1.807) is 0 Å². The van der Waals surface area contributed by atoms with E-state index in [-0.39, 0.29) is 0 Å². The molecule has 0 heterocycles. The highest BCUT2D eigenvalue weighted by Gasteiger charge is 2.10. The third-order valence-corrected chi connectivity index (χ3v) is 2.46. The minimum Gasteiger partial charge on any atom is -0.396 e. The molecule has 0 radical (unpaired) electrons. The van der Waals surface area contributed by atoms with Crippen LogP contribution in [0.4, 0.5) is 0 Å². The summed E-state index contributed by atoms with van der Waals surface area (Å²) in [6.07, 6.45) is 2.53. The van der Waals surface area contributed by atoms with Gasteiger partial charge in [0, 0.05) is 6.61 Å². The Bertz CT molecular complexity index is 88.9. The summed E-state index contributed by atoms with van der Waals surface area (Å²) < 4.78 is 0. The Morgan fingerprint density at radius 1 is 0.909 bits per heavy atom. The first-order valence-corrected chi connectivity index (χ1v) is 4.68. The van der Waals surface area contributed by atoms with Crippen LogP contribution in [0, 0.1) is 17.8 Å². The maximum Gasteiger partial charge on any atom is 0.0459 e. The van der Waals surface area contributed by atoms with Gasteiger partial charge in [0.25, 0.3) is 0 Å². The van der Waals surface area contributed by atoms with Gasteiger partial charge in [-0.2, -0.15) is 0 Å². The molecule has 0 aromatic rings. The topological polar surface area (TPSA) is 20.2 Å². The summed E-state index contributed by atoms with van der Waals surface area (Å²) >= 11 is 0. The van der Waals surface area contributed by atoms with Crippen LogP contribution in [-0.4, -0.2) is 11.7 Å². The van der Waals surface area contributed by atoms with Gasteiger partial charge in [-0.3, -0.25) is 0 Å². The van der Waals surface area contributed by atoms with Crippen molar-refractivity contribution < 1.29 is 5.11 Å². The highest BCUT2D eigenvalue weighted by molar-refractivity contribution is 4.61. The maximum atomic E-state index is 8.87. The van der Waals surface area contributed by atoms with Gasteiger partial charge in [-0.05, 0) is 17.8 Å². The van der Waals surface area contributed by atoms with Gasteiger partial charge in [-0.15, -0.1) is 0 Å². The minimum atomic E-state index is 0.333. The van der Waals surface area contributed by atoms with Crippen molar-refractivity contribution in [3.05, 3.63) is 0 Å². The van der Waals surface area contributed by atoms with Gasteiger partial charge in [-0.1, -0.05) is 40.5 Å². The predicted molar refractivity (Wildman–Crippen MR) is 49.5 cm³/mol. The van der Waals surface area contributed by atoms with Crippen LogP contribution < -0.4 is 0 Å². The Morgan fingerprint density at radius 3 is 1.82 bits per heavy atom. The fourth-order valence-corrected chi connectivity index (χ4v) is 1.06. The van der Waals surface area contributed by atoms with Crippen LogP contribution in [0.5, 0.6) is 0 Å². The van der Waals surface area contributed by atoms with E-state index in [0.717, 1.165) is 5.92 Å². The van der Waals surface area contributed by atoms with Crippen LogP contribution in [0.1, 0.15) is 40.5 Å². The summed E-state index contributed by atoms with van der Waals surface area (Å²) in [4.78, 5) is 0. The Kier molecular flexibility index (Phi) is 5.57. The first kappa shape index (κ1) is 11.0. The minimum absolute atomic E-state index is 0.333. The number of hydrogen-bond donors (Lipinski definition) is 1. The van der Waals surface area contributed by atoms with Gasteiger partial charge in [0.05, 0.1) is 0 Å². The van der Waals surface area contributed by atoms with Gasteiger partial charge >= 0.3 is 0 Å². The van der Waals surface area contributed by atoms with Gasteiger partial charge in [0.1, 0.15) is 0 Å². The lowest BCUT2D eigenvalue weighted by Crippen LogP contribution is -2.12. The molecule has 0 amide bonds. The molecule has 1 heteroatoms. The van der Waals surface area contributed by atoms with E-state index in [0.29, 0.717) is 18.4 Å². The van der Waals surface area contributed by atoms with Crippen molar-refractivity contribution in [1.29, 1.82) is 0 Å². The van der Waals surface area contributed by atoms with Crippen molar-refractivity contribution >= 4 is 0 Å². The average Bonchev–Trinajstić information content (AvgIpc) is 1.98. The van der Waals surface area contributed by atoms with E-state index < -0.39 is 0 Å². The first-order valence-electron chi connectivity index (χ1n) is 4.68. The van der Waals surface area contributed by atoms with Crippen LogP contribution >= 0.6 is 0 Å². The van der Waals surface area contributed by atoms with Gasteiger partial charge in [-0.25, -0.2) is 0 Å². The highest BCUT2D eigenvalue weighted by atomic mass is 16.3. The van der Waals surface area contributed by atoms with Gasteiger partial charge < -0.3 is 5.11 Å². The number of aliphatic hydroxyl groups excluding tert-OH is 1. The molecule has 1 nitrogen and oxygen atoms in total. The van der Waals surface area contributed by atoms with Crippen LogP contribution in [0.2, 0.25) is 0 Å². The summed E-state index contributed by atoms with van der Waals surface area (Å²) in [7, 11) is 0. The first-order chi connectivity index (χ1) is 5.07. The van der Waals surface area contributed by atoms with E-state index >= 15 is 0 Å². The molecule has 0 aromatic heterocycles. The standard InChI is InChI=1S/C10H22O/c1-8(2)5-6-9(3)10(4)7-11/h8-11H,5-7H2,1-4H3. The van der Waals surface area contributed by atoms with Crippen molar-refractivity contribution in [3.8, 4) is 0 Å². The molecule has 0 aliphatic rings. The lowest BCUT2D eigenvalue weighted by Gasteiger charge is -2.18. The van der Waals surface area contributed by atoms with E-state index in [1.165, 1.54) is 12.8 Å². The number of rotatable bonds is 5. The van der Waals surface area contributed by atoms with Crippen molar-refractivity contribution in [3.63, 3.8) is 0 Å². The second-order valence-corrected chi connectivity index (χ2v) is 4.11. The fourth-order valence-electron chi connectivity index (χ4n) is 1.06. The third-order valence-electron chi connectivity index (χ3n) is 2.46. The smallest absolute Gasteiger partial charge is 0.0459 e. The second kappa shape index (κ2) is 5.59. The molecule has 0 aliphatic carbocycles. The Balaban J connectivity index is 3.43. The Labute approximate surface area is 70.8 Å². The largest absolute Gasteiger partial charge is 0.396 e. The van der Waals surface area contributed by atoms with Crippen LogP contribution in [0.15, 0.2) is 0 Å². The van der Waals surface area contributed by atoms with E-state index in [4.69, 9.17) is 5.11 Å². The molecule has 0 spiro atoms. The zero-order valence-corrected chi connectivity index (χ0v) is 8.30. The second-order valence-electron chi connectivity index (χ2n) is 4.11. The Hall–Kier alpha value is -0.0400. The monoisotopic (exact) mass is 158 g/mol. The molecule has 0 aliphatic heterocycles. The molecule has 0 saturated heterocycles. The summed E-state index contributed by atoms with van der Waals surface area (Å²) in [5.41, 5.74) is 0. The molecular formula is C10H22O. The molecule has 0 rings (SSSR count). The van der Waals surface area contributed by atoms with E-state index in [2.05, 4.69) is 27.7 Å². The van der Waals surface area contributed by atoms with Crippen molar-refractivity contribution in [2.24, 2.45) is 17.8 Å². The van der Waals surface area contributed by atoms with Crippen molar-refractivity contribution in [1.82, 2.24) is 0 Å². The third kappa shape index (κ3) is 5.25. The van der Waals surface area contributed by atoms with E-state index in [9.17, 15) is 0 Å². The molecule has 0 fully saturated rings. The molecule has 0 saturated carbocycles. The SMILES string of the molecule is CC(C)CCC(C)C(C)CO. The van der Waals surface area contributed by atoms with Crippen LogP contribution in [-0.2, 0) is 0 Å². The quantitative estimate of drug-likeness (QED) is 0.652. The normalized spacial score (nSPS) is 16.9. The summed E-state index contributed by atoms with van der Waals surface area (Å²) in [6.45, 7) is 9.17. The zero-order chi connectivity index (χ0) is 8.85. The molecule has 0 bridgehead atoms. The van der Waals surface area contributed by atoms with E-state index in [1.807, 2.05) is 0 Å². The summed E-state index contributed by atoms with van der Waals surface area (Å²) in [6, 6.07) is 0. The lowest BCUT2D eigenvalue weighted by atomic mass is 9.90. The van der Waals surface area contributed by atoms with Gasteiger partial charge in [0.2, 0.25) is 0 Å². The number of aliphatic hydroxyl groups is 1. The van der Waals surface area contributed by atoms with Crippen LogP contribution in [0.3, 0.4) is 0 Å². The predicted octanol–water partition coefficient (Wildman–Crippen LogP) is 2.69. The van der Waals surface area contributed by atoms with Crippen molar-refractivity contribution in [2.75, 3.05) is 6.61 Å². The maximum absolute atomic E-state index is 8.87. The van der Waals surface area contributed by atoms with Gasteiger partial charge in [0.15, 0.2) is 0 Å².